The van der Waals surface area contributed by atoms with Crippen molar-refractivity contribution in [3.05, 3.63) is 23.9 Å². The normalized spacial score (nSPS) is 23.6. The molecule has 0 aromatic carbocycles. The van der Waals surface area contributed by atoms with Crippen molar-refractivity contribution in [3.63, 3.8) is 0 Å². The largest absolute Gasteiger partial charge is 0.354 e. The van der Waals surface area contributed by atoms with Crippen LogP contribution >= 0.6 is 0 Å². The van der Waals surface area contributed by atoms with E-state index in [9.17, 15) is 0 Å². The van der Waals surface area contributed by atoms with Gasteiger partial charge in [0.1, 0.15) is 5.82 Å². The van der Waals surface area contributed by atoms with Gasteiger partial charge in [0.05, 0.1) is 0 Å². The van der Waals surface area contributed by atoms with Crippen LogP contribution in [0, 0.1) is 5.92 Å². The topological polar surface area (TPSA) is 28.2 Å². The van der Waals surface area contributed by atoms with E-state index in [-0.39, 0.29) is 0 Å². The predicted octanol–water partition coefficient (Wildman–Crippen LogP) is 3.21. The van der Waals surface area contributed by atoms with Crippen LogP contribution in [0.5, 0.6) is 0 Å². The smallest absolute Gasteiger partial charge is 0.129 e. The van der Waals surface area contributed by atoms with Gasteiger partial charge in [0, 0.05) is 25.3 Å². The number of rotatable bonds is 5. The van der Waals surface area contributed by atoms with Crippen molar-refractivity contribution >= 4 is 5.82 Å². The monoisotopic (exact) mass is 261 g/mol. The molecule has 0 saturated carbocycles. The van der Waals surface area contributed by atoms with Crippen molar-refractivity contribution in [2.45, 2.75) is 52.6 Å². The molecule has 1 saturated heterocycles. The minimum Gasteiger partial charge on any atom is -0.354 e. The summed E-state index contributed by atoms with van der Waals surface area (Å²) in [5, 5.41) is 3.45. The molecule has 0 aliphatic carbocycles. The van der Waals surface area contributed by atoms with Gasteiger partial charge < -0.3 is 10.2 Å². The lowest BCUT2D eigenvalue weighted by molar-refractivity contribution is 0.376. The Morgan fingerprint density at radius 3 is 3.00 bits per heavy atom. The average Bonchev–Trinajstić information content (AvgIpc) is 2.39. The highest BCUT2D eigenvalue weighted by Gasteiger charge is 2.23. The zero-order chi connectivity index (χ0) is 13.7. The number of piperidine rings is 1. The molecule has 3 nitrogen and oxygen atoms in total. The summed E-state index contributed by atoms with van der Waals surface area (Å²) in [5.41, 5.74) is 1.34. The van der Waals surface area contributed by atoms with Crippen LogP contribution in [0.2, 0.25) is 0 Å². The lowest BCUT2D eigenvalue weighted by Crippen LogP contribution is -2.40. The Labute approximate surface area is 117 Å². The molecule has 1 aliphatic rings. The van der Waals surface area contributed by atoms with Crippen LogP contribution in [0.15, 0.2) is 18.3 Å². The molecule has 1 aromatic rings. The van der Waals surface area contributed by atoms with Gasteiger partial charge in [-0.1, -0.05) is 13.8 Å². The van der Waals surface area contributed by atoms with Crippen LogP contribution in [0.4, 0.5) is 5.82 Å². The van der Waals surface area contributed by atoms with Gasteiger partial charge in [-0.3, -0.25) is 0 Å². The predicted molar refractivity (Wildman–Crippen MR) is 81.4 cm³/mol. The van der Waals surface area contributed by atoms with Crippen LogP contribution in [-0.4, -0.2) is 24.1 Å². The molecule has 1 N–H and O–H groups in total. The standard InChI is InChI=1S/C16H27N3/c1-4-7-17-12-15-5-8-18-16(11-15)19-9-6-13(2)10-14(19)3/h5,8,11,13-14,17H,4,6-7,9-10,12H2,1-3H3. The molecule has 1 aromatic heterocycles. The maximum absolute atomic E-state index is 4.56. The van der Waals surface area contributed by atoms with Crippen molar-refractivity contribution in [3.8, 4) is 0 Å². The fraction of sp³-hybridized carbons (Fsp3) is 0.688. The summed E-state index contributed by atoms with van der Waals surface area (Å²) in [6.45, 7) is 10.0. The summed E-state index contributed by atoms with van der Waals surface area (Å²) in [5.74, 6) is 2.00. The number of pyridine rings is 1. The van der Waals surface area contributed by atoms with Crippen molar-refractivity contribution in [1.82, 2.24) is 10.3 Å². The minimum absolute atomic E-state index is 0.607. The third kappa shape index (κ3) is 3.93. The molecule has 0 spiro atoms. The molecule has 106 valence electrons. The Hall–Kier alpha value is -1.09. The number of nitrogens with one attached hydrogen (secondary N) is 1. The Bertz CT molecular complexity index is 391. The van der Waals surface area contributed by atoms with Crippen LogP contribution in [-0.2, 0) is 6.54 Å². The van der Waals surface area contributed by atoms with Crippen molar-refractivity contribution in [2.75, 3.05) is 18.0 Å². The molecule has 0 radical (unpaired) electrons. The Kier molecular flexibility index (Phi) is 5.20. The second-order valence-corrected chi connectivity index (χ2v) is 5.87. The second kappa shape index (κ2) is 6.90. The zero-order valence-electron chi connectivity index (χ0n) is 12.5. The summed E-state index contributed by atoms with van der Waals surface area (Å²) in [7, 11) is 0. The first-order valence-corrected chi connectivity index (χ1v) is 7.63. The first-order valence-electron chi connectivity index (χ1n) is 7.63. The van der Waals surface area contributed by atoms with Crippen LogP contribution in [0.3, 0.4) is 0 Å². The quantitative estimate of drug-likeness (QED) is 0.825. The van der Waals surface area contributed by atoms with E-state index in [1.54, 1.807) is 0 Å². The van der Waals surface area contributed by atoms with Gasteiger partial charge >= 0.3 is 0 Å². The lowest BCUT2D eigenvalue weighted by atomic mass is 9.93. The summed E-state index contributed by atoms with van der Waals surface area (Å²) >= 11 is 0. The number of aromatic nitrogens is 1. The minimum atomic E-state index is 0.607. The fourth-order valence-electron chi connectivity index (χ4n) is 2.88. The second-order valence-electron chi connectivity index (χ2n) is 5.87. The first-order chi connectivity index (χ1) is 9.20. The van der Waals surface area contributed by atoms with E-state index in [1.807, 2.05) is 6.20 Å². The van der Waals surface area contributed by atoms with Gasteiger partial charge in [-0.05, 0) is 56.3 Å². The molecule has 2 unspecified atom stereocenters. The maximum atomic E-state index is 4.56. The van der Waals surface area contributed by atoms with Gasteiger partial charge in [0.25, 0.3) is 0 Å². The summed E-state index contributed by atoms with van der Waals surface area (Å²) in [6.07, 6.45) is 5.69. The molecule has 0 bridgehead atoms. The summed E-state index contributed by atoms with van der Waals surface area (Å²) in [6, 6.07) is 4.97. The van der Waals surface area contributed by atoms with Gasteiger partial charge in [0.2, 0.25) is 0 Å². The van der Waals surface area contributed by atoms with Gasteiger partial charge in [-0.2, -0.15) is 0 Å². The number of anilines is 1. The van der Waals surface area contributed by atoms with E-state index in [1.165, 1.54) is 24.8 Å². The number of hydrogen-bond acceptors (Lipinski definition) is 3. The SMILES string of the molecule is CCCNCc1ccnc(N2CCC(C)CC2C)c1. The van der Waals surface area contributed by atoms with Crippen LogP contribution in [0.1, 0.15) is 45.6 Å². The fourth-order valence-corrected chi connectivity index (χ4v) is 2.88. The molecule has 1 aliphatic heterocycles. The summed E-state index contributed by atoms with van der Waals surface area (Å²) < 4.78 is 0. The Morgan fingerprint density at radius 2 is 2.26 bits per heavy atom. The highest BCUT2D eigenvalue weighted by Crippen LogP contribution is 2.26. The van der Waals surface area contributed by atoms with E-state index in [4.69, 9.17) is 0 Å². The van der Waals surface area contributed by atoms with E-state index in [2.05, 4.69) is 48.1 Å². The Morgan fingerprint density at radius 1 is 1.42 bits per heavy atom. The van der Waals surface area contributed by atoms with E-state index < -0.39 is 0 Å². The number of hydrogen-bond donors (Lipinski definition) is 1. The maximum Gasteiger partial charge on any atom is 0.129 e. The average molecular weight is 261 g/mol. The van der Waals surface area contributed by atoms with Crippen molar-refractivity contribution in [1.29, 1.82) is 0 Å². The molecule has 19 heavy (non-hydrogen) atoms. The Balaban J connectivity index is 2.01. The van der Waals surface area contributed by atoms with Crippen LogP contribution in [0.25, 0.3) is 0 Å². The van der Waals surface area contributed by atoms with Crippen molar-refractivity contribution < 1.29 is 0 Å². The van der Waals surface area contributed by atoms with E-state index in [0.29, 0.717) is 6.04 Å². The zero-order valence-corrected chi connectivity index (χ0v) is 12.5. The third-order valence-corrected chi connectivity index (χ3v) is 4.00. The van der Waals surface area contributed by atoms with E-state index >= 15 is 0 Å². The molecule has 2 heterocycles. The van der Waals surface area contributed by atoms with Gasteiger partial charge in [-0.15, -0.1) is 0 Å². The number of nitrogens with zero attached hydrogens (tertiary/aromatic N) is 2. The highest BCUT2D eigenvalue weighted by atomic mass is 15.2. The first kappa shape index (κ1) is 14.3. The molecule has 3 heteroatoms. The van der Waals surface area contributed by atoms with Crippen molar-refractivity contribution in [2.24, 2.45) is 5.92 Å². The van der Waals surface area contributed by atoms with E-state index in [0.717, 1.165) is 31.4 Å². The molecular weight excluding hydrogens is 234 g/mol. The molecule has 2 rings (SSSR count). The highest BCUT2D eigenvalue weighted by molar-refractivity contribution is 5.42. The lowest BCUT2D eigenvalue weighted by Gasteiger charge is -2.37. The van der Waals surface area contributed by atoms with Gasteiger partial charge in [-0.25, -0.2) is 4.98 Å². The molecule has 1 fully saturated rings. The summed E-state index contributed by atoms with van der Waals surface area (Å²) in [4.78, 5) is 7.03. The van der Waals surface area contributed by atoms with Gasteiger partial charge in [0.15, 0.2) is 0 Å². The molecule has 0 amide bonds. The van der Waals surface area contributed by atoms with Crippen LogP contribution < -0.4 is 10.2 Å². The third-order valence-electron chi connectivity index (χ3n) is 4.00. The molecule has 2 atom stereocenters. The molecular formula is C16H27N3.